The van der Waals surface area contributed by atoms with Gasteiger partial charge in [0.15, 0.2) is 0 Å². The fraction of sp³-hybridized carbons (Fsp3) is 0. The Morgan fingerprint density at radius 1 is 0.230 bits per heavy atom. The number of anilines is 3. The summed E-state index contributed by atoms with van der Waals surface area (Å²) in [6.07, 6.45) is 0. The first kappa shape index (κ1) is 43.1. The first-order valence-corrected chi connectivity index (χ1v) is 25.5. The maximum Gasteiger partial charge on any atom is 0.0541 e. The third-order valence-electron chi connectivity index (χ3n) is 15.0. The van der Waals surface area contributed by atoms with Crippen LogP contribution < -0.4 is 4.90 Å². The van der Waals surface area contributed by atoms with Gasteiger partial charge in [-0.2, -0.15) is 0 Å². The number of hydrogen-bond acceptors (Lipinski definition) is 1. The van der Waals surface area contributed by atoms with Crippen molar-refractivity contribution in [3.8, 4) is 61.3 Å². The first-order valence-electron chi connectivity index (χ1n) is 25.5. The van der Waals surface area contributed by atoms with Crippen LogP contribution in [-0.2, 0) is 0 Å². The summed E-state index contributed by atoms with van der Waals surface area (Å²) >= 11 is 0. The molecule has 346 valence electrons. The van der Waals surface area contributed by atoms with Crippen LogP contribution in [-0.4, -0.2) is 4.57 Å². The number of para-hydroxylation sites is 2. The van der Waals surface area contributed by atoms with Crippen LogP contribution in [0.2, 0.25) is 0 Å². The number of fused-ring (bicyclic) bond motifs is 7. The van der Waals surface area contributed by atoms with Crippen LogP contribution in [0.4, 0.5) is 17.1 Å². The maximum atomic E-state index is 2.41. The van der Waals surface area contributed by atoms with Gasteiger partial charge in [-0.3, -0.25) is 0 Å². The SMILES string of the molecule is c1ccc(-c2c(-c3ccccc3)c3cc(-c4ccc(N(c5ccc(-c6ccc7c(c6)c6ccccc6n7-c6ccccc6)cc5)c5cccc(-c6cccc7ccccc67)c5)cc4)ccc3c3ccccc23)cc1. The smallest absolute Gasteiger partial charge is 0.0541 e. The molecule has 2 nitrogen and oxygen atoms in total. The highest BCUT2D eigenvalue weighted by molar-refractivity contribution is 6.22. The minimum Gasteiger partial charge on any atom is -0.310 e. The topological polar surface area (TPSA) is 8.17 Å². The molecule has 14 rings (SSSR count). The van der Waals surface area contributed by atoms with Crippen LogP contribution in [0.15, 0.2) is 291 Å². The molecule has 0 bridgehead atoms. The van der Waals surface area contributed by atoms with E-state index in [0.717, 1.165) is 28.3 Å². The highest BCUT2D eigenvalue weighted by Crippen LogP contribution is 2.46. The molecule has 0 N–H and O–H groups in total. The van der Waals surface area contributed by atoms with Crippen molar-refractivity contribution >= 4 is 71.2 Å². The monoisotopic (exact) mass is 940 g/mol. The van der Waals surface area contributed by atoms with Gasteiger partial charge in [0.1, 0.15) is 0 Å². The Labute approximate surface area is 430 Å². The molecule has 0 fully saturated rings. The predicted molar refractivity (Wildman–Crippen MR) is 315 cm³/mol. The van der Waals surface area contributed by atoms with E-state index >= 15 is 0 Å². The van der Waals surface area contributed by atoms with Crippen LogP contribution in [0, 0.1) is 0 Å². The molecule has 0 spiro atoms. The third-order valence-corrected chi connectivity index (χ3v) is 15.0. The molecule has 0 aliphatic heterocycles. The van der Waals surface area contributed by atoms with Crippen molar-refractivity contribution < 1.29 is 0 Å². The molecular weight excluding hydrogens is 893 g/mol. The standard InChI is InChI=1S/C72H48N2/c1-4-19-52(20-5-1)71-66-31-13-12-29-63(66)64-44-38-54(48-68(64)72(71)53-21-6-2-7-22-53)49-34-40-58(41-35-49)73(60-27-16-24-56(46-60)62-32-17-23-51-18-10-11-28-61(51)62)59-42-36-50(37-43-59)55-39-45-70-67(47-55)65-30-14-15-33-69(65)74(70)57-25-8-3-9-26-57/h1-48H. The van der Waals surface area contributed by atoms with Crippen molar-refractivity contribution in [3.63, 3.8) is 0 Å². The molecule has 1 heterocycles. The number of rotatable bonds is 9. The molecule has 0 unspecified atom stereocenters. The maximum absolute atomic E-state index is 2.41. The highest BCUT2D eigenvalue weighted by atomic mass is 15.1. The fourth-order valence-corrected chi connectivity index (χ4v) is 11.5. The van der Waals surface area contributed by atoms with Crippen LogP contribution >= 0.6 is 0 Å². The van der Waals surface area contributed by atoms with Gasteiger partial charge >= 0.3 is 0 Å². The van der Waals surface area contributed by atoms with E-state index < -0.39 is 0 Å². The molecule has 74 heavy (non-hydrogen) atoms. The predicted octanol–water partition coefficient (Wildman–Crippen LogP) is 20.0. The lowest BCUT2D eigenvalue weighted by Gasteiger charge is -2.26. The van der Waals surface area contributed by atoms with Gasteiger partial charge in [0.05, 0.1) is 11.0 Å². The van der Waals surface area contributed by atoms with E-state index in [4.69, 9.17) is 0 Å². The zero-order chi connectivity index (χ0) is 49.0. The second-order valence-electron chi connectivity index (χ2n) is 19.2. The number of aromatic nitrogens is 1. The summed E-state index contributed by atoms with van der Waals surface area (Å²) in [6.45, 7) is 0. The largest absolute Gasteiger partial charge is 0.310 e. The van der Waals surface area contributed by atoms with Gasteiger partial charge in [0, 0.05) is 33.5 Å². The van der Waals surface area contributed by atoms with Gasteiger partial charge in [-0.15, -0.1) is 0 Å². The first-order chi connectivity index (χ1) is 36.7. The number of hydrogen-bond donors (Lipinski definition) is 0. The molecule has 0 saturated carbocycles. The van der Waals surface area contributed by atoms with Gasteiger partial charge in [0.25, 0.3) is 0 Å². The molecule has 0 radical (unpaired) electrons. The van der Waals surface area contributed by atoms with E-state index in [1.807, 2.05) is 0 Å². The van der Waals surface area contributed by atoms with Gasteiger partial charge in [-0.25, -0.2) is 0 Å². The van der Waals surface area contributed by atoms with Crippen molar-refractivity contribution in [1.29, 1.82) is 0 Å². The Balaban J connectivity index is 0.888. The van der Waals surface area contributed by atoms with Crippen LogP contribution in [0.1, 0.15) is 0 Å². The second-order valence-corrected chi connectivity index (χ2v) is 19.2. The Kier molecular flexibility index (Phi) is 10.6. The second kappa shape index (κ2) is 18.1. The lowest BCUT2D eigenvalue weighted by Crippen LogP contribution is -2.10. The normalized spacial score (nSPS) is 11.5. The van der Waals surface area contributed by atoms with E-state index in [0.29, 0.717) is 0 Å². The van der Waals surface area contributed by atoms with Crippen LogP contribution in [0.3, 0.4) is 0 Å². The summed E-state index contributed by atoms with van der Waals surface area (Å²) in [7, 11) is 0. The van der Waals surface area contributed by atoms with Crippen molar-refractivity contribution in [2.45, 2.75) is 0 Å². The lowest BCUT2D eigenvalue weighted by atomic mass is 9.84. The van der Waals surface area contributed by atoms with Gasteiger partial charge in [-0.05, 0) is 161 Å². The van der Waals surface area contributed by atoms with E-state index in [1.165, 1.54) is 104 Å². The average molecular weight is 941 g/mol. The van der Waals surface area contributed by atoms with Gasteiger partial charge in [-0.1, -0.05) is 218 Å². The summed E-state index contributed by atoms with van der Waals surface area (Å²) < 4.78 is 2.37. The van der Waals surface area contributed by atoms with Crippen molar-refractivity contribution in [1.82, 2.24) is 4.57 Å². The number of nitrogens with zero attached hydrogens (tertiary/aromatic N) is 2. The Morgan fingerprint density at radius 3 is 1.39 bits per heavy atom. The molecule has 0 aliphatic carbocycles. The summed E-state index contributed by atoms with van der Waals surface area (Å²) in [5.41, 5.74) is 18.8. The minimum absolute atomic E-state index is 1.08. The van der Waals surface area contributed by atoms with Crippen LogP contribution in [0.25, 0.3) is 115 Å². The van der Waals surface area contributed by atoms with Gasteiger partial charge < -0.3 is 9.47 Å². The summed E-state index contributed by atoms with van der Waals surface area (Å²) in [4.78, 5) is 2.39. The molecule has 1 aromatic heterocycles. The molecule has 2 heteroatoms. The molecule has 0 saturated heterocycles. The molecule has 14 aromatic rings. The van der Waals surface area contributed by atoms with E-state index in [9.17, 15) is 0 Å². The molecule has 0 atom stereocenters. The third kappa shape index (κ3) is 7.43. The van der Waals surface area contributed by atoms with E-state index in [2.05, 4.69) is 301 Å². The Morgan fingerprint density at radius 2 is 0.703 bits per heavy atom. The van der Waals surface area contributed by atoms with Crippen LogP contribution in [0.5, 0.6) is 0 Å². The summed E-state index contributed by atoms with van der Waals surface area (Å²) in [6, 6.07) is 106. The Bertz CT molecular complexity index is 4380. The van der Waals surface area contributed by atoms with Crippen molar-refractivity contribution in [2.75, 3.05) is 4.90 Å². The van der Waals surface area contributed by atoms with Crippen molar-refractivity contribution in [3.05, 3.63) is 291 Å². The van der Waals surface area contributed by atoms with Gasteiger partial charge in [0.2, 0.25) is 0 Å². The number of benzene rings is 13. The highest BCUT2D eigenvalue weighted by Gasteiger charge is 2.20. The minimum atomic E-state index is 1.08. The zero-order valence-corrected chi connectivity index (χ0v) is 40.6. The summed E-state index contributed by atoms with van der Waals surface area (Å²) in [5.74, 6) is 0. The molecule has 13 aromatic carbocycles. The van der Waals surface area contributed by atoms with E-state index in [-0.39, 0.29) is 0 Å². The van der Waals surface area contributed by atoms with E-state index in [1.54, 1.807) is 0 Å². The molecular formula is C72H48N2. The summed E-state index contributed by atoms with van der Waals surface area (Å²) in [5, 5.41) is 9.96. The lowest BCUT2D eigenvalue weighted by molar-refractivity contribution is 1.18. The van der Waals surface area contributed by atoms with Crippen molar-refractivity contribution in [2.24, 2.45) is 0 Å². The Hall–Kier alpha value is -9.76. The fourth-order valence-electron chi connectivity index (χ4n) is 11.5. The zero-order valence-electron chi connectivity index (χ0n) is 40.6. The average Bonchev–Trinajstić information content (AvgIpc) is 3.82. The molecule has 0 aliphatic rings. The molecule has 0 amide bonds. The quantitative estimate of drug-likeness (QED) is 0.131.